The highest BCUT2D eigenvalue weighted by atomic mass is 35.5. The van der Waals surface area contributed by atoms with E-state index in [9.17, 15) is 9.59 Å². The normalized spacial score (nSPS) is 15.2. The first-order chi connectivity index (χ1) is 15.0. The number of carbonyl (C=O) groups is 2. The lowest BCUT2D eigenvalue weighted by Gasteiger charge is -2.32. The van der Waals surface area contributed by atoms with Crippen LogP contribution in [0.25, 0.3) is 0 Å². The van der Waals surface area contributed by atoms with Gasteiger partial charge in [0.1, 0.15) is 0 Å². The molecule has 1 unspecified atom stereocenters. The Hall–Kier alpha value is -2.96. The third kappa shape index (κ3) is 5.21. The highest BCUT2D eigenvalue weighted by Crippen LogP contribution is 2.38. The van der Waals surface area contributed by atoms with E-state index >= 15 is 0 Å². The molecular weight excluding hydrogens is 430 g/mol. The number of amides is 3. The van der Waals surface area contributed by atoms with Crippen molar-refractivity contribution in [3.8, 4) is 0 Å². The molecule has 4 rings (SSSR count). The molecule has 0 aliphatic carbocycles. The van der Waals surface area contributed by atoms with Gasteiger partial charge >= 0.3 is 6.03 Å². The van der Waals surface area contributed by atoms with Crippen LogP contribution in [0.4, 0.5) is 16.2 Å². The van der Waals surface area contributed by atoms with Gasteiger partial charge in [-0.1, -0.05) is 42.8 Å². The summed E-state index contributed by atoms with van der Waals surface area (Å²) in [4.78, 5) is 28.2. The molecule has 3 aromatic carbocycles. The van der Waals surface area contributed by atoms with E-state index < -0.39 is 0 Å². The number of fused-ring (bicyclic) bond motifs is 1. The van der Waals surface area contributed by atoms with Crippen LogP contribution >= 0.6 is 23.4 Å². The first-order valence-corrected chi connectivity index (χ1v) is 11.2. The minimum atomic E-state index is -0.181. The molecule has 3 aromatic rings. The average molecular weight is 452 g/mol. The van der Waals surface area contributed by atoms with Crippen molar-refractivity contribution < 1.29 is 9.59 Å². The van der Waals surface area contributed by atoms with Gasteiger partial charge in [-0.15, -0.1) is 11.8 Å². The van der Waals surface area contributed by atoms with Crippen molar-refractivity contribution in [2.45, 2.75) is 23.6 Å². The molecule has 1 aliphatic rings. The first kappa shape index (κ1) is 21.3. The summed E-state index contributed by atoms with van der Waals surface area (Å²) in [5.41, 5.74) is 3.06. The number of hydrogen-bond donors (Lipinski definition) is 2. The fourth-order valence-corrected chi connectivity index (χ4v) is 4.60. The zero-order valence-electron chi connectivity index (χ0n) is 17.0. The summed E-state index contributed by atoms with van der Waals surface area (Å²) in [6, 6.07) is 22.0. The van der Waals surface area contributed by atoms with E-state index in [1.54, 1.807) is 53.1 Å². The molecule has 0 fully saturated rings. The summed E-state index contributed by atoms with van der Waals surface area (Å²) >= 11 is 7.66. The second-order valence-corrected chi connectivity index (χ2v) is 9.24. The van der Waals surface area contributed by atoms with E-state index in [0.717, 1.165) is 16.1 Å². The van der Waals surface area contributed by atoms with E-state index in [1.807, 2.05) is 36.4 Å². The Labute approximate surface area is 190 Å². The second kappa shape index (κ2) is 9.45. The lowest BCUT2D eigenvalue weighted by atomic mass is 10.1. The summed E-state index contributed by atoms with van der Waals surface area (Å²) in [6.07, 6.45) is 0. The molecule has 0 aromatic heterocycles. The van der Waals surface area contributed by atoms with Gasteiger partial charge in [-0.25, -0.2) is 4.79 Å². The number of benzene rings is 3. The van der Waals surface area contributed by atoms with Crippen molar-refractivity contribution in [2.75, 3.05) is 16.8 Å². The molecule has 0 spiro atoms. The van der Waals surface area contributed by atoms with Crippen molar-refractivity contribution in [1.29, 1.82) is 0 Å². The van der Waals surface area contributed by atoms with Crippen molar-refractivity contribution in [1.82, 2.24) is 5.32 Å². The number of carbonyl (C=O) groups excluding carboxylic acids is 2. The maximum Gasteiger partial charge on any atom is 0.326 e. The third-order valence-electron chi connectivity index (χ3n) is 4.93. The Morgan fingerprint density at radius 2 is 1.74 bits per heavy atom. The second-order valence-electron chi connectivity index (χ2n) is 7.32. The summed E-state index contributed by atoms with van der Waals surface area (Å²) in [7, 11) is 0. The zero-order valence-corrected chi connectivity index (χ0v) is 18.5. The number of rotatable bonds is 4. The van der Waals surface area contributed by atoms with Crippen molar-refractivity contribution in [3.63, 3.8) is 0 Å². The van der Waals surface area contributed by atoms with Gasteiger partial charge in [-0.05, 0) is 54.1 Å². The molecule has 7 heteroatoms. The van der Waals surface area contributed by atoms with Gasteiger partial charge in [0.05, 0.1) is 5.69 Å². The SMILES string of the molecule is CC1CN(C(=O)Nc2ccc(C(=O)NCc3ccc(Cl)cc3)cc2)c2ccccc2S1. The molecule has 31 heavy (non-hydrogen) atoms. The van der Waals surface area contributed by atoms with Crippen LogP contribution in [0.2, 0.25) is 5.02 Å². The third-order valence-corrected chi connectivity index (χ3v) is 6.34. The maximum absolute atomic E-state index is 12.9. The van der Waals surface area contributed by atoms with Crippen molar-refractivity contribution in [2.24, 2.45) is 0 Å². The van der Waals surface area contributed by atoms with Gasteiger partial charge in [-0.3, -0.25) is 9.69 Å². The predicted molar refractivity (Wildman–Crippen MR) is 127 cm³/mol. The van der Waals surface area contributed by atoms with E-state index in [0.29, 0.717) is 34.6 Å². The zero-order chi connectivity index (χ0) is 21.8. The summed E-state index contributed by atoms with van der Waals surface area (Å²) < 4.78 is 0. The van der Waals surface area contributed by atoms with Crippen LogP contribution in [-0.2, 0) is 6.54 Å². The average Bonchev–Trinajstić information content (AvgIpc) is 2.78. The largest absolute Gasteiger partial charge is 0.348 e. The Kier molecular flexibility index (Phi) is 6.49. The standard InChI is InChI=1S/C24H22ClN3O2S/c1-16-15-28(21-4-2-3-5-22(21)31-16)24(30)27-20-12-8-18(9-13-20)23(29)26-14-17-6-10-19(25)11-7-17/h2-13,16H,14-15H2,1H3,(H,26,29)(H,27,30). The van der Waals surface area contributed by atoms with E-state index in [4.69, 9.17) is 11.6 Å². The minimum Gasteiger partial charge on any atom is -0.348 e. The Bertz CT molecular complexity index is 1090. The maximum atomic E-state index is 12.9. The molecule has 0 saturated heterocycles. The van der Waals surface area contributed by atoms with E-state index in [1.165, 1.54) is 0 Å². The molecule has 0 radical (unpaired) electrons. The number of nitrogens with zero attached hydrogens (tertiary/aromatic N) is 1. The highest BCUT2D eigenvalue weighted by Gasteiger charge is 2.26. The van der Waals surface area contributed by atoms with Gasteiger partial charge in [-0.2, -0.15) is 0 Å². The monoisotopic (exact) mass is 451 g/mol. The molecule has 1 aliphatic heterocycles. The molecule has 5 nitrogen and oxygen atoms in total. The number of thioether (sulfide) groups is 1. The number of hydrogen-bond acceptors (Lipinski definition) is 3. The summed E-state index contributed by atoms with van der Waals surface area (Å²) in [6.45, 7) is 3.16. The first-order valence-electron chi connectivity index (χ1n) is 9.96. The molecule has 1 atom stereocenters. The number of urea groups is 1. The van der Waals surface area contributed by atoms with Crippen molar-refractivity contribution in [3.05, 3.63) is 88.9 Å². The van der Waals surface area contributed by atoms with Crippen LogP contribution in [0, 0.1) is 0 Å². The Morgan fingerprint density at radius 3 is 2.48 bits per heavy atom. The molecule has 0 saturated carbocycles. The van der Waals surface area contributed by atoms with E-state index in [-0.39, 0.29) is 11.9 Å². The molecule has 1 heterocycles. The van der Waals surface area contributed by atoms with Crippen LogP contribution in [-0.4, -0.2) is 23.7 Å². The predicted octanol–water partition coefficient (Wildman–Crippen LogP) is 5.80. The summed E-state index contributed by atoms with van der Waals surface area (Å²) in [5, 5.41) is 6.79. The molecule has 158 valence electrons. The van der Waals surface area contributed by atoms with Gasteiger partial charge in [0.25, 0.3) is 5.91 Å². The number of para-hydroxylation sites is 1. The molecular formula is C24H22ClN3O2S. The summed E-state index contributed by atoms with van der Waals surface area (Å²) in [5.74, 6) is -0.177. The van der Waals surface area contributed by atoms with Crippen LogP contribution in [0.1, 0.15) is 22.8 Å². The topological polar surface area (TPSA) is 61.4 Å². The van der Waals surface area contributed by atoms with Gasteiger partial charge in [0, 0.05) is 39.5 Å². The molecule has 3 amide bonds. The van der Waals surface area contributed by atoms with Gasteiger partial charge < -0.3 is 10.6 Å². The lowest BCUT2D eigenvalue weighted by molar-refractivity contribution is 0.0951. The fourth-order valence-electron chi connectivity index (χ4n) is 3.36. The van der Waals surface area contributed by atoms with Crippen LogP contribution in [0.3, 0.4) is 0 Å². The smallest absolute Gasteiger partial charge is 0.326 e. The van der Waals surface area contributed by atoms with E-state index in [2.05, 4.69) is 17.6 Å². The van der Waals surface area contributed by atoms with Crippen LogP contribution < -0.4 is 15.5 Å². The van der Waals surface area contributed by atoms with Gasteiger partial charge in [0.15, 0.2) is 0 Å². The molecule has 0 bridgehead atoms. The number of anilines is 2. The Morgan fingerprint density at radius 1 is 1.03 bits per heavy atom. The lowest BCUT2D eigenvalue weighted by Crippen LogP contribution is -2.41. The molecule has 2 N–H and O–H groups in total. The van der Waals surface area contributed by atoms with Crippen LogP contribution in [0.15, 0.2) is 77.7 Å². The number of nitrogens with one attached hydrogen (secondary N) is 2. The fraction of sp³-hybridized carbons (Fsp3) is 0.167. The van der Waals surface area contributed by atoms with Crippen LogP contribution in [0.5, 0.6) is 0 Å². The highest BCUT2D eigenvalue weighted by molar-refractivity contribution is 8.00. The Balaban J connectivity index is 1.38. The van der Waals surface area contributed by atoms with Gasteiger partial charge in [0.2, 0.25) is 0 Å². The quantitative estimate of drug-likeness (QED) is 0.526. The number of halogens is 1. The van der Waals surface area contributed by atoms with Crippen molar-refractivity contribution >= 4 is 46.7 Å². The minimum absolute atomic E-state index is 0.177.